The van der Waals surface area contributed by atoms with Gasteiger partial charge in [0, 0.05) is 0 Å². The maximum absolute atomic E-state index is 2.67. The molecule has 0 bridgehead atoms. The van der Waals surface area contributed by atoms with E-state index < -0.39 is 8.07 Å². The Kier molecular flexibility index (Phi) is 3.46. The van der Waals surface area contributed by atoms with Crippen LogP contribution in [0, 0.1) is 0 Å². The Morgan fingerprint density at radius 3 is 1.40 bits per heavy atom. The largest absolute Gasteiger partial charge is 0.0682 e. The van der Waals surface area contributed by atoms with Crippen molar-refractivity contribution in [2.45, 2.75) is 89.4 Å². The third-order valence-electron chi connectivity index (χ3n) is 5.29. The first-order chi connectivity index (χ1) is 6.61. The molecule has 1 fully saturated rings. The first-order valence-electron chi connectivity index (χ1n) is 6.61. The van der Waals surface area contributed by atoms with Crippen LogP contribution in [0.2, 0.25) is 22.2 Å². The zero-order valence-electron chi connectivity index (χ0n) is 11.9. The van der Waals surface area contributed by atoms with Crippen molar-refractivity contribution in [1.82, 2.24) is 0 Å². The summed E-state index contributed by atoms with van der Waals surface area (Å²) >= 11 is 0. The molecule has 1 rings (SSSR count). The minimum atomic E-state index is -1.22. The van der Waals surface area contributed by atoms with Crippen LogP contribution in [0.3, 0.4) is 0 Å². The summed E-state index contributed by atoms with van der Waals surface area (Å²) in [6, 6.07) is 0. The fourth-order valence-electron chi connectivity index (χ4n) is 3.85. The molecule has 15 heavy (non-hydrogen) atoms. The van der Waals surface area contributed by atoms with E-state index in [1.54, 1.807) is 0 Å². The number of hydrogen-bond donors (Lipinski definition) is 0. The lowest BCUT2D eigenvalue weighted by Crippen LogP contribution is -2.52. The van der Waals surface area contributed by atoms with Gasteiger partial charge in [0.25, 0.3) is 0 Å². The predicted molar refractivity (Wildman–Crippen MR) is 73.3 cm³/mol. The standard InChI is InChI=1S/C14H30Si/c1-13(2,3)15(7,14(4,5)6)12-10-8-9-11-12/h12H,8-11H2,1-7H3. The van der Waals surface area contributed by atoms with E-state index in [4.69, 9.17) is 0 Å². The minimum absolute atomic E-state index is 0.542. The van der Waals surface area contributed by atoms with Crippen molar-refractivity contribution in [3.8, 4) is 0 Å². The Morgan fingerprint density at radius 1 is 0.800 bits per heavy atom. The first kappa shape index (κ1) is 13.3. The summed E-state index contributed by atoms with van der Waals surface area (Å²) in [6.07, 6.45) is 5.99. The molecule has 0 N–H and O–H groups in total. The Bertz CT molecular complexity index is 196. The van der Waals surface area contributed by atoms with Gasteiger partial charge in [-0.15, -0.1) is 0 Å². The molecule has 0 aromatic heterocycles. The summed E-state index contributed by atoms with van der Waals surface area (Å²) < 4.78 is 0. The van der Waals surface area contributed by atoms with Crippen molar-refractivity contribution >= 4 is 8.07 Å². The highest BCUT2D eigenvalue weighted by molar-refractivity contribution is 6.85. The molecule has 90 valence electrons. The first-order valence-corrected chi connectivity index (χ1v) is 9.18. The molecule has 0 saturated heterocycles. The molecule has 0 aromatic carbocycles. The monoisotopic (exact) mass is 226 g/mol. The van der Waals surface area contributed by atoms with Crippen LogP contribution < -0.4 is 0 Å². The molecule has 0 heterocycles. The topological polar surface area (TPSA) is 0 Å². The second-order valence-corrected chi connectivity index (χ2v) is 13.9. The number of hydrogen-bond acceptors (Lipinski definition) is 0. The van der Waals surface area contributed by atoms with Gasteiger partial charge in [-0.25, -0.2) is 0 Å². The lowest BCUT2D eigenvalue weighted by molar-refractivity contribution is 0.575. The summed E-state index contributed by atoms with van der Waals surface area (Å²) in [5.41, 5.74) is 1.07. The van der Waals surface area contributed by atoms with Gasteiger partial charge in [0.1, 0.15) is 0 Å². The molecular formula is C14H30Si. The molecule has 1 aliphatic carbocycles. The highest BCUT2D eigenvalue weighted by Crippen LogP contribution is 2.60. The molecule has 0 aliphatic heterocycles. The second kappa shape index (κ2) is 3.91. The van der Waals surface area contributed by atoms with E-state index in [0.717, 1.165) is 5.54 Å². The van der Waals surface area contributed by atoms with Crippen LogP contribution in [0.25, 0.3) is 0 Å². The summed E-state index contributed by atoms with van der Waals surface area (Å²) in [5.74, 6) is 0. The van der Waals surface area contributed by atoms with Gasteiger partial charge < -0.3 is 0 Å². The van der Waals surface area contributed by atoms with Crippen LogP contribution in [0.1, 0.15) is 67.2 Å². The fraction of sp³-hybridized carbons (Fsp3) is 1.00. The van der Waals surface area contributed by atoms with E-state index in [9.17, 15) is 0 Å². The van der Waals surface area contributed by atoms with Gasteiger partial charge in [0.15, 0.2) is 0 Å². The van der Waals surface area contributed by atoms with E-state index >= 15 is 0 Å². The zero-order valence-corrected chi connectivity index (χ0v) is 12.9. The molecule has 1 heteroatoms. The fourth-order valence-corrected chi connectivity index (χ4v) is 10.1. The van der Waals surface area contributed by atoms with E-state index in [-0.39, 0.29) is 0 Å². The van der Waals surface area contributed by atoms with E-state index in [2.05, 4.69) is 48.1 Å². The summed E-state index contributed by atoms with van der Waals surface area (Å²) in [6.45, 7) is 17.6. The zero-order chi connectivity index (χ0) is 11.9. The maximum Gasteiger partial charge on any atom is 0.0643 e. The van der Waals surface area contributed by atoms with Gasteiger partial charge in [0.05, 0.1) is 8.07 Å². The van der Waals surface area contributed by atoms with Crippen molar-refractivity contribution in [1.29, 1.82) is 0 Å². The van der Waals surface area contributed by atoms with Crippen molar-refractivity contribution in [3.05, 3.63) is 0 Å². The molecule has 0 unspecified atom stereocenters. The van der Waals surface area contributed by atoms with Gasteiger partial charge >= 0.3 is 0 Å². The molecule has 0 atom stereocenters. The van der Waals surface area contributed by atoms with Gasteiger partial charge in [-0.1, -0.05) is 73.8 Å². The van der Waals surface area contributed by atoms with Crippen LogP contribution in [-0.4, -0.2) is 8.07 Å². The van der Waals surface area contributed by atoms with Crippen LogP contribution in [0.5, 0.6) is 0 Å². The van der Waals surface area contributed by atoms with Crippen molar-refractivity contribution < 1.29 is 0 Å². The average molecular weight is 226 g/mol. The van der Waals surface area contributed by atoms with Gasteiger partial charge in [-0.05, 0) is 15.6 Å². The van der Waals surface area contributed by atoms with E-state index in [1.807, 2.05) is 0 Å². The normalized spacial score (nSPS) is 21.0. The minimum Gasteiger partial charge on any atom is -0.0682 e. The Balaban J connectivity index is 3.06. The molecule has 0 radical (unpaired) electrons. The quantitative estimate of drug-likeness (QED) is 0.510. The number of rotatable bonds is 1. The van der Waals surface area contributed by atoms with Gasteiger partial charge in [-0.3, -0.25) is 0 Å². The molecule has 0 spiro atoms. The third kappa shape index (κ3) is 2.18. The second-order valence-electron chi connectivity index (χ2n) is 7.68. The van der Waals surface area contributed by atoms with Crippen LogP contribution in [-0.2, 0) is 0 Å². The van der Waals surface area contributed by atoms with Crippen LogP contribution >= 0.6 is 0 Å². The molecule has 0 amide bonds. The van der Waals surface area contributed by atoms with Gasteiger partial charge in [-0.2, -0.15) is 0 Å². The third-order valence-corrected chi connectivity index (χ3v) is 13.7. The molecule has 0 aromatic rings. The van der Waals surface area contributed by atoms with Crippen LogP contribution in [0.15, 0.2) is 0 Å². The van der Waals surface area contributed by atoms with Crippen molar-refractivity contribution in [2.24, 2.45) is 0 Å². The Hall–Kier alpha value is 0.217. The Labute approximate surface area is 97.9 Å². The van der Waals surface area contributed by atoms with Gasteiger partial charge in [0.2, 0.25) is 0 Å². The lowest BCUT2D eigenvalue weighted by Gasteiger charge is -2.53. The molecule has 1 aliphatic rings. The predicted octanol–water partition coefficient (Wildman–Crippen LogP) is 5.61. The van der Waals surface area contributed by atoms with E-state index in [0.29, 0.717) is 10.1 Å². The molecule has 0 nitrogen and oxygen atoms in total. The summed E-state index contributed by atoms with van der Waals surface area (Å²) in [7, 11) is -1.22. The van der Waals surface area contributed by atoms with E-state index in [1.165, 1.54) is 25.7 Å². The highest BCUT2D eigenvalue weighted by atomic mass is 28.3. The Morgan fingerprint density at radius 2 is 1.13 bits per heavy atom. The van der Waals surface area contributed by atoms with Crippen molar-refractivity contribution in [3.63, 3.8) is 0 Å². The molecule has 1 saturated carbocycles. The average Bonchev–Trinajstić information content (AvgIpc) is 2.49. The van der Waals surface area contributed by atoms with Crippen LogP contribution in [0.4, 0.5) is 0 Å². The molecular weight excluding hydrogens is 196 g/mol. The smallest absolute Gasteiger partial charge is 0.0643 e. The van der Waals surface area contributed by atoms with Crippen molar-refractivity contribution in [2.75, 3.05) is 0 Å². The SMILES string of the molecule is CC(C)(C)[Si](C)(C1CCCC1)C(C)(C)C. The maximum atomic E-state index is 2.67. The lowest BCUT2D eigenvalue weighted by atomic mass is 10.2. The summed E-state index contributed by atoms with van der Waals surface area (Å²) in [4.78, 5) is 0. The highest BCUT2D eigenvalue weighted by Gasteiger charge is 2.53. The summed E-state index contributed by atoms with van der Waals surface area (Å²) in [5, 5.41) is 1.08.